The SMILES string of the molecule is CC(C)(CBr)Cn1cnccc1=O. The second kappa shape index (κ2) is 4.05. The van der Waals surface area contributed by atoms with Crippen molar-refractivity contribution < 1.29 is 0 Å². The van der Waals surface area contributed by atoms with Gasteiger partial charge in [-0.3, -0.25) is 9.36 Å². The van der Waals surface area contributed by atoms with Crippen LogP contribution in [0.3, 0.4) is 0 Å². The molecule has 4 heteroatoms. The summed E-state index contributed by atoms with van der Waals surface area (Å²) in [6.07, 6.45) is 3.09. The number of nitrogens with zero attached hydrogens (tertiary/aromatic N) is 2. The fourth-order valence-corrected chi connectivity index (χ4v) is 1.18. The van der Waals surface area contributed by atoms with Crippen molar-refractivity contribution in [3.8, 4) is 0 Å². The molecule has 0 aliphatic carbocycles. The van der Waals surface area contributed by atoms with E-state index in [0.29, 0.717) is 6.54 Å². The molecule has 0 aromatic carbocycles. The first-order valence-corrected chi connectivity index (χ1v) is 5.24. The molecule has 72 valence electrons. The van der Waals surface area contributed by atoms with Crippen molar-refractivity contribution in [1.82, 2.24) is 9.55 Å². The Balaban J connectivity index is 2.87. The average molecular weight is 245 g/mol. The first kappa shape index (κ1) is 10.4. The molecule has 1 heterocycles. The summed E-state index contributed by atoms with van der Waals surface area (Å²) in [7, 11) is 0. The zero-order chi connectivity index (χ0) is 9.90. The highest BCUT2D eigenvalue weighted by Gasteiger charge is 2.16. The minimum absolute atomic E-state index is 0.00373. The average Bonchev–Trinajstić information content (AvgIpc) is 2.09. The highest BCUT2D eigenvalue weighted by molar-refractivity contribution is 9.09. The fourth-order valence-electron chi connectivity index (χ4n) is 1.00. The van der Waals surface area contributed by atoms with Crippen molar-refractivity contribution in [1.29, 1.82) is 0 Å². The van der Waals surface area contributed by atoms with Crippen LogP contribution in [0.25, 0.3) is 0 Å². The molecule has 0 radical (unpaired) electrons. The summed E-state index contributed by atoms with van der Waals surface area (Å²) >= 11 is 3.42. The Hall–Kier alpha value is -0.640. The molecular formula is C9H13BrN2O. The Morgan fingerprint density at radius 3 is 2.85 bits per heavy atom. The maximum atomic E-state index is 11.3. The number of hydrogen-bond acceptors (Lipinski definition) is 2. The smallest absolute Gasteiger partial charge is 0.253 e. The summed E-state index contributed by atoms with van der Waals surface area (Å²) in [6.45, 7) is 4.88. The lowest BCUT2D eigenvalue weighted by Crippen LogP contribution is -2.28. The molecule has 1 rings (SSSR count). The van der Waals surface area contributed by atoms with Crippen LogP contribution >= 0.6 is 15.9 Å². The highest BCUT2D eigenvalue weighted by atomic mass is 79.9. The molecule has 0 atom stereocenters. The Labute approximate surface area is 85.9 Å². The Bertz CT molecular complexity index is 332. The number of rotatable bonds is 3. The van der Waals surface area contributed by atoms with E-state index >= 15 is 0 Å². The summed E-state index contributed by atoms with van der Waals surface area (Å²) in [5.74, 6) is 0. The number of aromatic nitrogens is 2. The van der Waals surface area contributed by atoms with Crippen LogP contribution in [0, 0.1) is 5.41 Å². The monoisotopic (exact) mass is 244 g/mol. The van der Waals surface area contributed by atoms with Crippen LogP contribution in [0.1, 0.15) is 13.8 Å². The molecule has 0 N–H and O–H groups in total. The highest BCUT2D eigenvalue weighted by Crippen LogP contribution is 2.19. The molecule has 0 bridgehead atoms. The first-order valence-electron chi connectivity index (χ1n) is 4.11. The lowest BCUT2D eigenvalue weighted by atomic mass is 9.97. The molecule has 0 saturated carbocycles. The molecule has 0 unspecified atom stereocenters. The van der Waals surface area contributed by atoms with Gasteiger partial charge in [0.2, 0.25) is 0 Å². The molecule has 0 spiro atoms. The van der Waals surface area contributed by atoms with E-state index in [9.17, 15) is 4.79 Å². The summed E-state index contributed by atoms with van der Waals surface area (Å²) in [5.41, 5.74) is 0.0800. The summed E-state index contributed by atoms with van der Waals surface area (Å²) in [5, 5.41) is 0.862. The van der Waals surface area contributed by atoms with Gasteiger partial charge < -0.3 is 0 Å². The van der Waals surface area contributed by atoms with Crippen LogP contribution in [0.4, 0.5) is 0 Å². The van der Waals surface area contributed by atoms with E-state index in [4.69, 9.17) is 0 Å². The minimum Gasteiger partial charge on any atom is -0.299 e. The first-order chi connectivity index (χ1) is 6.05. The van der Waals surface area contributed by atoms with Gasteiger partial charge in [-0.05, 0) is 5.41 Å². The van der Waals surface area contributed by atoms with Gasteiger partial charge in [-0.2, -0.15) is 0 Å². The van der Waals surface area contributed by atoms with Crippen LogP contribution in [0.15, 0.2) is 23.4 Å². The van der Waals surface area contributed by atoms with E-state index in [0.717, 1.165) is 5.33 Å². The number of alkyl halides is 1. The largest absolute Gasteiger partial charge is 0.299 e. The quantitative estimate of drug-likeness (QED) is 0.759. The van der Waals surface area contributed by atoms with Crippen LogP contribution in [-0.4, -0.2) is 14.9 Å². The molecule has 0 saturated heterocycles. The third-order valence-corrected chi connectivity index (χ3v) is 3.27. The van der Waals surface area contributed by atoms with E-state index in [1.54, 1.807) is 10.9 Å². The van der Waals surface area contributed by atoms with Crippen LogP contribution < -0.4 is 5.56 Å². The van der Waals surface area contributed by atoms with E-state index in [1.807, 2.05) is 0 Å². The van der Waals surface area contributed by atoms with Gasteiger partial charge >= 0.3 is 0 Å². The summed E-state index contributed by atoms with van der Waals surface area (Å²) < 4.78 is 1.63. The molecule has 3 nitrogen and oxygen atoms in total. The van der Waals surface area contributed by atoms with Crippen molar-refractivity contribution in [3.05, 3.63) is 28.9 Å². The number of hydrogen-bond donors (Lipinski definition) is 0. The molecule has 0 aliphatic heterocycles. The van der Waals surface area contributed by atoms with Gasteiger partial charge in [0.05, 0.1) is 6.33 Å². The second-order valence-corrected chi connectivity index (χ2v) is 4.40. The lowest BCUT2D eigenvalue weighted by molar-refractivity contribution is 0.346. The molecule has 13 heavy (non-hydrogen) atoms. The molecule has 1 aromatic rings. The van der Waals surface area contributed by atoms with Gasteiger partial charge in [0.1, 0.15) is 0 Å². The van der Waals surface area contributed by atoms with E-state index in [1.165, 1.54) is 12.3 Å². The molecule has 1 aromatic heterocycles. The predicted octanol–water partition coefficient (Wildman–Crippen LogP) is 1.66. The third-order valence-electron chi connectivity index (χ3n) is 1.75. The van der Waals surface area contributed by atoms with E-state index in [2.05, 4.69) is 34.8 Å². The van der Waals surface area contributed by atoms with Crippen LogP contribution in [0.5, 0.6) is 0 Å². The van der Waals surface area contributed by atoms with Crippen molar-refractivity contribution in [3.63, 3.8) is 0 Å². The molecular weight excluding hydrogens is 232 g/mol. The Morgan fingerprint density at radius 2 is 2.31 bits per heavy atom. The predicted molar refractivity (Wildman–Crippen MR) is 56.1 cm³/mol. The molecule has 0 fully saturated rings. The van der Waals surface area contributed by atoms with Gasteiger partial charge in [-0.1, -0.05) is 29.8 Å². The zero-order valence-electron chi connectivity index (χ0n) is 7.83. The Morgan fingerprint density at radius 1 is 1.62 bits per heavy atom. The second-order valence-electron chi connectivity index (χ2n) is 3.84. The topological polar surface area (TPSA) is 34.9 Å². The normalized spacial score (nSPS) is 11.6. The van der Waals surface area contributed by atoms with Crippen molar-refractivity contribution in [2.45, 2.75) is 20.4 Å². The van der Waals surface area contributed by atoms with Crippen LogP contribution in [0.2, 0.25) is 0 Å². The summed E-state index contributed by atoms with van der Waals surface area (Å²) in [6, 6.07) is 1.48. The van der Waals surface area contributed by atoms with Gasteiger partial charge in [0.25, 0.3) is 5.56 Å². The van der Waals surface area contributed by atoms with Crippen molar-refractivity contribution >= 4 is 15.9 Å². The number of halogens is 1. The van der Waals surface area contributed by atoms with Crippen LogP contribution in [-0.2, 0) is 6.54 Å². The molecule has 0 aliphatic rings. The van der Waals surface area contributed by atoms with E-state index in [-0.39, 0.29) is 11.0 Å². The maximum absolute atomic E-state index is 11.3. The van der Waals surface area contributed by atoms with Crippen molar-refractivity contribution in [2.24, 2.45) is 5.41 Å². The van der Waals surface area contributed by atoms with Gasteiger partial charge in [-0.15, -0.1) is 0 Å². The standard InChI is InChI=1S/C9H13BrN2O/c1-9(2,5-10)6-12-7-11-4-3-8(12)13/h3-4,7H,5-6H2,1-2H3. The zero-order valence-corrected chi connectivity index (χ0v) is 9.41. The fraction of sp³-hybridized carbons (Fsp3) is 0.556. The van der Waals surface area contributed by atoms with Gasteiger partial charge in [-0.25, -0.2) is 4.98 Å². The lowest BCUT2D eigenvalue weighted by Gasteiger charge is -2.21. The summed E-state index contributed by atoms with van der Waals surface area (Å²) in [4.78, 5) is 15.2. The van der Waals surface area contributed by atoms with Gasteiger partial charge in [0.15, 0.2) is 0 Å². The maximum Gasteiger partial charge on any atom is 0.253 e. The Kier molecular flexibility index (Phi) is 3.25. The minimum atomic E-state index is 0.00373. The van der Waals surface area contributed by atoms with Crippen molar-refractivity contribution in [2.75, 3.05) is 5.33 Å². The third kappa shape index (κ3) is 2.95. The van der Waals surface area contributed by atoms with Gasteiger partial charge in [0, 0.05) is 24.1 Å². The molecule has 0 amide bonds. The van der Waals surface area contributed by atoms with E-state index < -0.39 is 0 Å².